The number of hydrogen-bond acceptors (Lipinski definition) is 3. The van der Waals surface area contributed by atoms with Gasteiger partial charge < -0.3 is 10.6 Å². The molecule has 1 aromatic heterocycles. The number of nitrogens with zero attached hydrogens (tertiary/aromatic N) is 1. The summed E-state index contributed by atoms with van der Waals surface area (Å²) in [6.07, 6.45) is 2.28. The van der Waals surface area contributed by atoms with Crippen molar-refractivity contribution in [3.63, 3.8) is 0 Å². The van der Waals surface area contributed by atoms with Crippen LogP contribution in [0.25, 0.3) is 0 Å². The maximum atomic E-state index is 5.69. The first kappa shape index (κ1) is 11.7. The zero-order valence-electron chi connectivity index (χ0n) is 9.07. The Labute approximate surface area is 90.7 Å². The fourth-order valence-corrected chi connectivity index (χ4v) is 2.28. The summed E-state index contributed by atoms with van der Waals surface area (Å²) in [6, 6.07) is 4.84. The number of rotatable bonds is 6. The molecule has 0 radical (unpaired) electrons. The van der Waals surface area contributed by atoms with Crippen LogP contribution >= 0.6 is 11.3 Å². The quantitative estimate of drug-likeness (QED) is 0.781. The summed E-state index contributed by atoms with van der Waals surface area (Å²) in [5, 5.41) is 2.13. The van der Waals surface area contributed by atoms with Crippen molar-refractivity contribution < 1.29 is 0 Å². The minimum Gasteiger partial charge on any atom is -0.329 e. The summed E-state index contributed by atoms with van der Waals surface area (Å²) in [5.74, 6) is 0. The molecule has 0 aromatic carbocycles. The van der Waals surface area contributed by atoms with Gasteiger partial charge in [-0.2, -0.15) is 0 Å². The van der Waals surface area contributed by atoms with Crippen molar-refractivity contribution in [3.8, 4) is 0 Å². The van der Waals surface area contributed by atoms with E-state index >= 15 is 0 Å². The summed E-state index contributed by atoms with van der Waals surface area (Å²) in [5.41, 5.74) is 5.69. The van der Waals surface area contributed by atoms with Gasteiger partial charge in [0.25, 0.3) is 0 Å². The normalized spacial score (nSPS) is 13.4. The highest BCUT2D eigenvalue weighted by atomic mass is 32.1. The van der Waals surface area contributed by atoms with Gasteiger partial charge in [-0.15, -0.1) is 11.3 Å². The van der Waals surface area contributed by atoms with Crippen molar-refractivity contribution in [1.29, 1.82) is 0 Å². The Morgan fingerprint density at radius 1 is 1.57 bits per heavy atom. The largest absolute Gasteiger partial charge is 0.329 e. The van der Waals surface area contributed by atoms with E-state index in [0.717, 1.165) is 25.9 Å². The standard InChI is InChI=1S/C11H20N2S/c1-3-10(9-12)13(2)7-6-11-5-4-8-14-11/h4-5,8,10H,3,6-7,9,12H2,1-2H3. The van der Waals surface area contributed by atoms with Crippen molar-refractivity contribution in [1.82, 2.24) is 4.90 Å². The number of likely N-dealkylation sites (N-methyl/N-ethyl adjacent to an activating group) is 1. The Balaban J connectivity index is 2.30. The van der Waals surface area contributed by atoms with E-state index in [0.29, 0.717) is 6.04 Å². The lowest BCUT2D eigenvalue weighted by Gasteiger charge is -2.25. The monoisotopic (exact) mass is 212 g/mol. The lowest BCUT2D eigenvalue weighted by Crippen LogP contribution is -2.38. The van der Waals surface area contributed by atoms with Gasteiger partial charge in [-0.05, 0) is 31.3 Å². The van der Waals surface area contributed by atoms with Gasteiger partial charge in [0.15, 0.2) is 0 Å². The smallest absolute Gasteiger partial charge is 0.0212 e. The van der Waals surface area contributed by atoms with E-state index in [9.17, 15) is 0 Å². The molecule has 0 aliphatic carbocycles. The molecule has 0 amide bonds. The molecule has 2 nitrogen and oxygen atoms in total. The fraction of sp³-hybridized carbons (Fsp3) is 0.636. The molecule has 1 aromatic rings. The SMILES string of the molecule is CCC(CN)N(C)CCc1cccs1. The van der Waals surface area contributed by atoms with Gasteiger partial charge in [-0.3, -0.25) is 0 Å². The average Bonchev–Trinajstić information content (AvgIpc) is 2.69. The molecule has 14 heavy (non-hydrogen) atoms. The fourth-order valence-electron chi connectivity index (χ4n) is 1.58. The van der Waals surface area contributed by atoms with E-state index in [1.807, 2.05) is 11.3 Å². The van der Waals surface area contributed by atoms with Crippen LogP contribution in [0.1, 0.15) is 18.2 Å². The second-order valence-corrected chi connectivity index (χ2v) is 4.64. The van der Waals surface area contributed by atoms with Gasteiger partial charge in [0.1, 0.15) is 0 Å². The van der Waals surface area contributed by atoms with Gasteiger partial charge in [-0.25, -0.2) is 0 Å². The molecule has 0 saturated heterocycles. The zero-order valence-corrected chi connectivity index (χ0v) is 9.89. The molecule has 0 saturated carbocycles. The topological polar surface area (TPSA) is 29.3 Å². The van der Waals surface area contributed by atoms with Crippen LogP contribution in [0.2, 0.25) is 0 Å². The van der Waals surface area contributed by atoms with Crippen molar-refractivity contribution in [3.05, 3.63) is 22.4 Å². The first-order valence-corrected chi connectivity index (χ1v) is 6.08. The molecule has 0 aliphatic heterocycles. The molecule has 80 valence electrons. The van der Waals surface area contributed by atoms with Gasteiger partial charge >= 0.3 is 0 Å². The number of hydrogen-bond donors (Lipinski definition) is 1. The summed E-state index contributed by atoms with van der Waals surface area (Å²) in [4.78, 5) is 3.82. The Morgan fingerprint density at radius 2 is 2.36 bits per heavy atom. The third-order valence-electron chi connectivity index (χ3n) is 2.66. The summed E-state index contributed by atoms with van der Waals surface area (Å²) in [7, 11) is 2.16. The molecular weight excluding hydrogens is 192 g/mol. The molecular formula is C11H20N2S. The third-order valence-corrected chi connectivity index (χ3v) is 3.59. The van der Waals surface area contributed by atoms with Crippen LogP contribution in [0.5, 0.6) is 0 Å². The van der Waals surface area contributed by atoms with Crippen LogP contribution in [0.15, 0.2) is 17.5 Å². The van der Waals surface area contributed by atoms with E-state index in [1.54, 1.807) is 0 Å². The van der Waals surface area contributed by atoms with E-state index in [-0.39, 0.29) is 0 Å². The van der Waals surface area contributed by atoms with E-state index in [1.165, 1.54) is 4.88 Å². The molecule has 2 N–H and O–H groups in total. The van der Waals surface area contributed by atoms with E-state index < -0.39 is 0 Å². The maximum absolute atomic E-state index is 5.69. The molecule has 1 heterocycles. The minimum atomic E-state index is 0.537. The van der Waals surface area contributed by atoms with Crippen LogP contribution < -0.4 is 5.73 Å². The van der Waals surface area contributed by atoms with Crippen LogP contribution in [-0.2, 0) is 6.42 Å². The first-order chi connectivity index (χ1) is 6.77. The lowest BCUT2D eigenvalue weighted by atomic mass is 10.2. The summed E-state index contributed by atoms with van der Waals surface area (Å²) < 4.78 is 0. The van der Waals surface area contributed by atoms with Crippen molar-refractivity contribution in [2.45, 2.75) is 25.8 Å². The molecule has 0 fully saturated rings. The maximum Gasteiger partial charge on any atom is 0.0212 e. The molecule has 3 heteroatoms. The average molecular weight is 212 g/mol. The van der Waals surface area contributed by atoms with Crippen molar-refractivity contribution in [2.24, 2.45) is 5.73 Å². The van der Waals surface area contributed by atoms with Gasteiger partial charge in [0, 0.05) is 24.0 Å². The van der Waals surface area contributed by atoms with Crippen LogP contribution in [0, 0.1) is 0 Å². The van der Waals surface area contributed by atoms with E-state index in [4.69, 9.17) is 5.73 Å². The van der Waals surface area contributed by atoms with Gasteiger partial charge in [-0.1, -0.05) is 13.0 Å². The molecule has 1 rings (SSSR count). The predicted molar refractivity (Wildman–Crippen MR) is 63.8 cm³/mol. The van der Waals surface area contributed by atoms with Gasteiger partial charge in [0.2, 0.25) is 0 Å². The lowest BCUT2D eigenvalue weighted by molar-refractivity contribution is 0.244. The summed E-state index contributed by atoms with van der Waals surface area (Å²) in [6.45, 7) is 4.06. The molecule has 1 atom stereocenters. The molecule has 0 bridgehead atoms. The molecule has 1 unspecified atom stereocenters. The van der Waals surface area contributed by atoms with Crippen LogP contribution in [0.3, 0.4) is 0 Å². The predicted octanol–water partition coefficient (Wildman–Crippen LogP) is 1.96. The van der Waals surface area contributed by atoms with E-state index in [2.05, 4.69) is 36.4 Å². The third kappa shape index (κ3) is 3.40. The van der Waals surface area contributed by atoms with Gasteiger partial charge in [0.05, 0.1) is 0 Å². The van der Waals surface area contributed by atoms with Crippen LogP contribution in [-0.4, -0.2) is 31.1 Å². The molecule has 0 spiro atoms. The van der Waals surface area contributed by atoms with Crippen molar-refractivity contribution >= 4 is 11.3 Å². The Hall–Kier alpha value is -0.380. The Bertz CT molecular complexity index is 229. The van der Waals surface area contributed by atoms with Crippen molar-refractivity contribution in [2.75, 3.05) is 20.1 Å². The number of thiophene rings is 1. The zero-order chi connectivity index (χ0) is 10.4. The first-order valence-electron chi connectivity index (χ1n) is 5.20. The highest BCUT2D eigenvalue weighted by molar-refractivity contribution is 7.09. The summed E-state index contributed by atoms with van der Waals surface area (Å²) >= 11 is 1.83. The number of nitrogens with two attached hydrogens (primary N) is 1. The highest BCUT2D eigenvalue weighted by Gasteiger charge is 2.09. The Morgan fingerprint density at radius 3 is 2.86 bits per heavy atom. The molecule has 0 aliphatic rings. The second-order valence-electron chi connectivity index (χ2n) is 3.61. The highest BCUT2D eigenvalue weighted by Crippen LogP contribution is 2.10. The second kappa shape index (κ2) is 6.17. The van der Waals surface area contributed by atoms with Crippen LogP contribution in [0.4, 0.5) is 0 Å². The Kier molecular flexibility index (Phi) is 5.15. The minimum absolute atomic E-state index is 0.537.